The van der Waals surface area contributed by atoms with Gasteiger partial charge in [-0.2, -0.15) is 0 Å². The van der Waals surface area contributed by atoms with E-state index in [1.54, 1.807) is 19.0 Å². The lowest BCUT2D eigenvalue weighted by Gasteiger charge is -2.38. The molecular formula is C14H26N4O. The van der Waals surface area contributed by atoms with Gasteiger partial charge in [-0.1, -0.05) is 6.42 Å². The fourth-order valence-electron chi connectivity index (χ4n) is 3.04. The van der Waals surface area contributed by atoms with Gasteiger partial charge in [0.1, 0.15) is 0 Å². The molecule has 5 heteroatoms. The highest BCUT2D eigenvalue weighted by atomic mass is 16.2. The SMILES string of the molecule is CN=C(NCCC(=O)N(C)C)N1CCC2(CCC2)C1. The van der Waals surface area contributed by atoms with Crippen molar-refractivity contribution >= 4 is 11.9 Å². The van der Waals surface area contributed by atoms with Crippen LogP contribution >= 0.6 is 0 Å². The van der Waals surface area contributed by atoms with Gasteiger partial charge in [0.05, 0.1) is 0 Å². The molecule has 1 spiro atoms. The lowest BCUT2D eigenvalue weighted by molar-refractivity contribution is -0.128. The third-order valence-corrected chi connectivity index (χ3v) is 4.48. The summed E-state index contributed by atoms with van der Waals surface area (Å²) < 4.78 is 0. The summed E-state index contributed by atoms with van der Waals surface area (Å²) in [6, 6.07) is 0. The van der Waals surface area contributed by atoms with Crippen LogP contribution in [0.3, 0.4) is 0 Å². The smallest absolute Gasteiger partial charge is 0.223 e. The molecule has 1 saturated heterocycles. The number of carbonyl (C=O) groups is 1. The second-order valence-electron chi connectivity index (χ2n) is 6.04. The van der Waals surface area contributed by atoms with E-state index in [1.807, 2.05) is 7.05 Å². The Morgan fingerprint density at radius 2 is 2.11 bits per heavy atom. The maximum atomic E-state index is 11.5. The van der Waals surface area contributed by atoms with E-state index in [0.29, 0.717) is 18.4 Å². The van der Waals surface area contributed by atoms with Gasteiger partial charge in [0, 0.05) is 47.2 Å². The van der Waals surface area contributed by atoms with Gasteiger partial charge in [-0.25, -0.2) is 0 Å². The number of likely N-dealkylation sites (tertiary alicyclic amines) is 1. The monoisotopic (exact) mass is 266 g/mol. The Balaban J connectivity index is 1.76. The number of nitrogens with one attached hydrogen (secondary N) is 1. The Kier molecular flexibility index (Phi) is 4.32. The van der Waals surface area contributed by atoms with Crippen molar-refractivity contribution in [1.82, 2.24) is 15.1 Å². The Morgan fingerprint density at radius 3 is 2.58 bits per heavy atom. The summed E-state index contributed by atoms with van der Waals surface area (Å²) in [5.74, 6) is 1.11. The average Bonchev–Trinajstić information content (AvgIpc) is 2.79. The zero-order valence-corrected chi connectivity index (χ0v) is 12.4. The predicted octanol–water partition coefficient (Wildman–Crippen LogP) is 0.916. The molecule has 0 aromatic carbocycles. The van der Waals surface area contributed by atoms with Crippen LogP contribution in [0, 0.1) is 5.41 Å². The minimum absolute atomic E-state index is 0.153. The molecule has 1 aliphatic heterocycles. The Hall–Kier alpha value is -1.26. The number of aliphatic imine (C=N–C) groups is 1. The fourth-order valence-corrected chi connectivity index (χ4v) is 3.04. The molecule has 5 nitrogen and oxygen atoms in total. The highest BCUT2D eigenvalue weighted by Crippen LogP contribution is 2.47. The van der Waals surface area contributed by atoms with Gasteiger partial charge in [-0.15, -0.1) is 0 Å². The average molecular weight is 266 g/mol. The van der Waals surface area contributed by atoms with Crippen LogP contribution in [0.15, 0.2) is 4.99 Å². The number of hydrogen-bond donors (Lipinski definition) is 1. The van der Waals surface area contributed by atoms with Gasteiger partial charge in [0.2, 0.25) is 5.91 Å². The van der Waals surface area contributed by atoms with Gasteiger partial charge in [0.15, 0.2) is 5.96 Å². The fraction of sp³-hybridized carbons (Fsp3) is 0.857. The van der Waals surface area contributed by atoms with Crippen molar-refractivity contribution in [3.05, 3.63) is 0 Å². The summed E-state index contributed by atoms with van der Waals surface area (Å²) in [6.45, 7) is 2.89. The first kappa shape index (κ1) is 14.2. The van der Waals surface area contributed by atoms with Crippen molar-refractivity contribution in [3.63, 3.8) is 0 Å². The van der Waals surface area contributed by atoms with E-state index in [2.05, 4.69) is 15.2 Å². The summed E-state index contributed by atoms with van der Waals surface area (Å²) in [5.41, 5.74) is 0.580. The molecule has 1 saturated carbocycles. The third-order valence-electron chi connectivity index (χ3n) is 4.48. The minimum Gasteiger partial charge on any atom is -0.356 e. The molecule has 0 atom stereocenters. The third kappa shape index (κ3) is 3.19. The van der Waals surface area contributed by atoms with Crippen LogP contribution in [-0.2, 0) is 4.79 Å². The number of guanidine groups is 1. The van der Waals surface area contributed by atoms with Crippen LogP contribution in [0.25, 0.3) is 0 Å². The second kappa shape index (κ2) is 5.80. The van der Waals surface area contributed by atoms with E-state index in [-0.39, 0.29) is 5.91 Å². The molecular weight excluding hydrogens is 240 g/mol. The molecule has 0 unspecified atom stereocenters. The summed E-state index contributed by atoms with van der Waals surface area (Å²) in [7, 11) is 5.40. The van der Waals surface area contributed by atoms with Gasteiger partial charge >= 0.3 is 0 Å². The number of amides is 1. The summed E-state index contributed by atoms with van der Waals surface area (Å²) >= 11 is 0. The van der Waals surface area contributed by atoms with Crippen molar-refractivity contribution in [3.8, 4) is 0 Å². The molecule has 1 N–H and O–H groups in total. The molecule has 2 fully saturated rings. The lowest BCUT2D eigenvalue weighted by Crippen LogP contribution is -2.43. The highest BCUT2D eigenvalue weighted by molar-refractivity contribution is 5.81. The first-order valence-corrected chi connectivity index (χ1v) is 7.22. The van der Waals surface area contributed by atoms with E-state index < -0.39 is 0 Å². The Bertz CT molecular complexity index is 360. The van der Waals surface area contributed by atoms with Crippen molar-refractivity contribution in [1.29, 1.82) is 0 Å². The Labute approximate surface area is 116 Å². The van der Waals surface area contributed by atoms with Crippen molar-refractivity contribution in [2.75, 3.05) is 40.8 Å². The number of nitrogens with zero attached hydrogens (tertiary/aromatic N) is 3. The van der Waals surface area contributed by atoms with Gasteiger partial charge < -0.3 is 15.1 Å². The van der Waals surface area contributed by atoms with Gasteiger partial charge in [-0.05, 0) is 24.7 Å². The molecule has 2 rings (SSSR count). The number of hydrogen-bond acceptors (Lipinski definition) is 2. The largest absolute Gasteiger partial charge is 0.356 e. The van der Waals surface area contributed by atoms with E-state index in [0.717, 1.165) is 19.0 Å². The standard InChI is InChI=1S/C14H26N4O/c1-15-13(16-9-5-12(19)17(2)3)18-10-8-14(11-18)6-4-7-14/h4-11H2,1-3H3,(H,15,16). The van der Waals surface area contributed by atoms with Crippen LogP contribution in [0.4, 0.5) is 0 Å². The van der Waals surface area contributed by atoms with E-state index in [9.17, 15) is 4.79 Å². The molecule has 0 radical (unpaired) electrons. The molecule has 2 aliphatic rings. The predicted molar refractivity (Wildman–Crippen MR) is 77.1 cm³/mol. The van der Waals surface area contributed by atoms with Crippen molar-refractivity contribution in [2.24, 2.45) is 10.4 Å². The molecule has 0 aromatic heterocycles. The number of carbonyl (C=O) groups excluding carboxylic acids is 1. The van der Waals surface area contributed by atoms with Crippen LogP contribution < -0.4 is 5.32 Å². The summed E-state index contributed by atoms with van der Waals surface area (Å²) in [5, 5.41) is 3.31. The first-order chi connectivity index (χ1) is 9.06. The minimum atomic E-state index is 0.153. The summed E-state index contributed by atoms with van der Waals surface area (Å²) in [4.78, 5) is 19.8. The summed E-state index contributed by atoms with van der Waals surface area (Å²) in [6.07, 6.45) is 5.95. The molecule has 1 amide bonds. The second-order valence-corrected chi connectivity index (χ2v) is 6.04. The molecule has 0 bridgehead atoms. The van der Waals surface area contributed by atoms with Crippen LogP contribution in [-0.4, -0.2) is 62.4 Å². The van der Waals surface area contributed by atoms with Crippen molar-refractivity contribution < 1.29 is 4.79 Å². The molecule has 1 heterocycles. The van der Waals surface area contributed by atoms with Crippen LogP contribution in [0.1, 0.15) is 32.1 Å². The highest BCUT2D eigenvalue weighted by Gasteiger charge is 2.43. The normalized spacial score (nSPS) is 21.4. The van der Waals surface area contributed by atoms with Gasteiger partial charge in [-0.3, -0.25) is 9.79 Å². The van der Waals surface area contributed by atoms with Gasteiger partial charge in [0.25, 0.3) is 0 Å². The topological polar surface area (TPSA) is 47.9 Å². The van der Waals surface area contributed by atoms with Crippen LogP contribution in [0.5, 0.6) is 0 Å². The lowest BCUT2D eigenvalue weighted by atomic mass is 9.68. The number of rotatable bonds is 3. The zero-order valence-electron chi connectivity index (χ0n) is 12.4. The molecule has 108 valence electrons. The van der Waals surface area contributed by atoms with Crippen molar-refractivity contribution in [2.45, 2.75) is 32.1 Å². The molecule has 0 aromatic rings. The maximum absolute atomic E-state index is 11.5. The quantitative estimate of drug-likeness (QED) is 0.610. The zero-order chi connectivity index (χ0) is 13.9. The van der Waals surface area contributed by atoms with Crippen LogP contribution in [0.2, 0.25) is 0 Å². The van der Waals surface area contributed by atoms with E-state index >= 15 is 0 Å². The Morgan fingerprint density at radius 1 is 1.37 bits per heavy atom. The molecule has 1 aliphatic carbocycles. The maximum Gasteiger partial charge on any atom is 0.223 e. The first-order valence-electron chi connectivity index (χ1n) is 7.22. The van der Waals surface area contributed by atoms with E-state index in [4.69, 9.17) is 0 Å². The molecule has 19 heavy (non-hydrogen) atoms. The van der Waals surface area contributed by atoms with E-state index in [1.165, 1.54) is 25.7 Å².